The van der Waals surface area contributed by atoms with Crippen LogP contribution in [0, 0.1) is 11.7 Å². The lowest BCUT2D eigenvalue weighted by Crippen LogP contribution is -2.25. The van der Waals surface area contributed by atoms with Crippen LogP contribution in [0.3, 0.4) is 0 Å². The van der Waals surface area contributed by atoms with Crippen LogP contribution in [0.1, 0.15) is 19.3 Å². The minimum atomic E-state index is -3.70. The van der Waals surface area contributed by atoms with E-state index in [1.807, 2.05) is 0 Å². The predicted octanol–water partition coefficient (Wildman–Crippen LogP) is 1.93. The van der Waals surface area contributed by atoms with Crippen molar-refractivity contribution in [1.82, 2.24) is 4.72 Å². The summed E-state index contributed by atoms with van der Waals surface area (Å²) in [5.41, 5.74) is 0. The number of sulfonamides is 1. The van der Waals surface area contributed by atoms with Crippen LogP contribution in [0.2, 0.25) is 0 Å². The van der Waals surface area contributed by atoms with Crippen LogP contribution in [-0.4, -0.2) is 35.3 Å². The van der Waals surface area contributed by atoms with Crippen molar-refractivity contribution in [3.8, 4) is 5.75 Å². The zero-order valence-electron chi connectivity index (χ0n) is 12.0. The van der Waals surface area contributed by atoms with Crippen molar-refractivity contribution in [3.05, 3.63) is 24.0 Å². The van der Waals surface area contributed by atoms with Gasteiger partial charge in [0.15, 0.2) is 11.6 Å². The molecule has 1 aliphatic rings. The third-order valence-corrected chi connectivity index (χ3v) is 4.70. The summed E-state index contributed by atoms with van der Waals surface area (Å²) < 4.78 is 50.1. The van der Waals surface area contributed by atoms with Gasteiger partial charge in [-0.25, -0.2) is 17.5 Å². The first-order valence-electron chi connectivity index (χ1n) is 6.94. The average molecular weight is 317 g/mol. The molecular weight excluding hydrogens is 297 g/mol. The highest BCUT2D eigenvalue weighted by Crippen LogP contribution is 2.28. The Balaban J connectivity index is 1.78. The average Bonchev–Trinajstić information content (AvgIpc) is 3.26. The van der Waals surface area contributed by atoms with Gasteiger partial charge in [0.1, 0.15) is 0 Å². The molecule has 1 aromatic carbocycles. The first kappa shape index (κ1) is 16.2. The first-order valence-corrected chi connectivity index (χ1v) is 8.42. The summed E-state index contributed by atoms with van der Waals surface area (Å²) in [6.45, 7) is 1.55. The van der Waals surface area contributed by atoms with Crippen LogP contribution in [0.4, 0.5) is 4.39 Å². The van der Waals surface area contributed by atoms with Gasteiger partial charge in [0.25, 0.3) is 0 Å². The lowest BCUT2D eigenvalue weighted by molar-refractivity contribution is 0.123. The van der Waals surface area contributed by atoms with E-state index < -0.39 is 15.8 Å². The van der Waals surface area contributed by atoms with Crippen LogP contribution in [0.15, 0.2) is 23.1 Å². The van der Waals surface area contributed by atoms with Gasteiger partial charge in [-0.1, -0.05) is 0 Å². The van der Waals surface area contributed by atoms with Crippen LogP contribution >= 0.6 is 0 Å². The fourth-order valence-electron chi connectivity index (χ4n) is 1.81. The molecule has 2 rings (SSSR count). The van der Waals surface area contributed by atoms with Crippen molar-refractivity contribution in [2.24, 2.45) is 5.92 Å². The molecule has 1 aliphatic carbocycles. The number of methoxy groups -OCH3 is 1. The van der Waals surface area contributed by atoms with Crippen LogP contribution < -0.4 is 9.46 Å². The third-order valence-electron chi connectivity index (χ3n) is 3.24. The number of halogens is 1. The summed E-state index contributed by atoms with van der Waals surface area (Å²) in [5.74, 6) is 0.0135. The topological polar surface area (TPSA) is 64.6 Å². The normalized spacial score (nSPS) is 15.1. The number of nitrogens with one attached hydrogen (secondary N) is 1. The van der Waals surface area contributed by atoms with Crippen molar-refractivity contribution in [3.63, 3.8) is 0 Å². The second kappa shape index (κ2) is 7.20. The van der Waals surface area contributed by atoms with Gasteiger partial charge in [-0.05, 0) is 43.4 Å². The Kier molecular flexibility index (Phi) is 5.55. The summed E-state index contributed by atoms with van der Waals surface area (Å²) in [5, 5.41) is 0. The minimum Gasteiger partial charge on any atom is -0.494 e. The number of hydrogen-bond donors (Lipinski definition) is 1. The molecule has 0 amide bonds. The molecule has 1 fully saturated rings. The number of hydrogen-bond acceptors (Lipinski definition) is 4. The minimum absolute atomic E-state index is 0.0161. The van der Waals surface area contributed by atoms with E-state index in [-0.39, 0.29) is 17.2 Å². The maximum Gasteiger partial charge on any atom is 0.240 e. The summed E-state index contributed by atoms with van der Waals surface area (Å²) in [7, 11) is -2.37. The molecule has 0 atom stereocenters. The van der Waals surface area contributed by atoms with E-state index in [0.29, 0.717) is 18.9 Å². The standard InChI is InChI=1S/C14H20FNO4S/c1-19-14-6-5-12(9-13(14)15)21(17,18)16-7-2-8-20-10-11-3-4-11/h5-6,9,11,16H,2-4,7-8,10H2,1H3. The molecular formula is C14H20FNO4S. The molecule has 0 aromatic heterocycles. The van der Waals surface area contributed by atoms with Gasteiger partial charge in [0, 0.05) is 19.8 Å². The van der Waals surface area contributed by atoms with Crippen molar-refractivity contribution < 1.29 is 22.3 Å². The summed E-state index contributed by atoms with van der Waals surface area (Å²) >= 11 is 0. The van der Waals surface area contributed by atoms with Crippen LogP contribution in [0.25, 0.3) is 0 Å². The summed E-state index contributed by atoms with van der Waals surface area (Å²) in [4.78, 5) is -0.111. The number of rotatable bonds is 9. The fourth-order valence-corrected chi connectivity index (χ4v) is 2.90. The first-order chi connectivity index (χ1) is 10.0. The van der Waals surface area contributed by atoms with E-state index in [2.05, 4.69) is 4.72 Å². The Hall–Kier alpha value is -1.18. The van der Waals surface area contributed by atoms with E-state index in [9.17, 15) is 12.8 Å². The van der Waals surface area contributed by atoms with Gasteiger partial charge < -0.3 is 9.47 Å². The summed E-state index contributed by atoms with van der Waals surface area (Å²) in [6.07, 6.45) is 3.05. The van der Waals surface area contributed by atoms with Gasteiger partial charge >= 0.3 is 0 Å². The molecule has 1 N–H and O–H groups in total. The molecule has 0 aliphatic heterocycles. The molecule has 0 radical (unpaired) electrons. The van der Waals surface area contributed by atoms with Crippen molar-refractivity contribution >= 4 is 10.0 Å². The Labute approximate surface area is 124 Å². The van der Waals surface area contributed by atoms with Gasteiger partial charge in [-0.15, -0.1) is 0 Å². The Bertz CT molecular complexity index is 572. The molecule has 0 bridgehead atoms. The van der Waals surface area contributed by atoms with E-state index >= 15 is 0 Å². The summed E-state index contributed by atoms with van der Waals surface area (Å²) in [6, 6.07) is 3.56. The molecule has 0 unspecified atom stereocenters. The Morgan fingerprint density at radius 3 is 2.76 bits per heavy atom. The molecule has 0 spiro atoms. The van der Waals surface area contributed by atoms with E-state index in [0.717, 1.165) is 12.7 Å². The van der Waals surface area contributed by atoms with E-state index in [1.165, 1.54) is 32.1 Å². The molecule has 21 heavy (non-hydrogen) atoms. The van der Waals surface area contributed by atoms with Crippen LogP contribution in [0.5, 0.6) is 5.75 Å². The monoisotopic (exact) mass is 317 g/mol. The lowest BCUT2D eigenvalue weighted by Gasteiger charge is -2.08. The predicted molar refractivity (Wildman–Crippen MR) is 76.3 cm³/mol. The van der Waals surface area contributed by atoms with Gasteiger partial charge in [0.2, 0.25) is 10.0 Å². The van der Waals surface area contributed by atoms with Crippen molar-refractivity contribution in [2.45, 2.75) is 24.2 Å². The highest BCUT2D eigenvalue weighted by molar-refractivity contribution is 7.89. The highest BCUT2D eigenvalue weighted by Gasteiger charge is 2.21. The molecule has 5 nitrogen and oxygen atoms in total. The number of benzene rings is 1. The SMILES string of the molecule is COc1ccc(S(=O)(=O)NCCCOCC2CC2)cc1F. The Morgan fingerprint density at radius 2 is 2.14 bits per heavy atom. The largest absolute Gasteiger partial charge is 0.494 e. The fraction of sp³-hybridized carbons (Fsp3) is 0.571. The van der Waals surface area contributed by atoms with Gasteiger partial charge in [-0.2, -0.15) is 0 Å². The quantitative estimate of drug-likeness (QED) is 0.707. The third kappa shape index (κ3) is 4.94. The molecule has 0 saturated heterocycles. The highest BCUT2D eigenvalue weighted by atomic mass is 32.2. The molecule has 118 valence electrons. The van der Waals surface area contributed by atoms with Gasteiger partial charge in [0.05, 0.1) is 12.0 Å². The zero-order chi connectivity index (χ0) is 15.3. The van der Waals surface area contributed by atoms with E-state index in [1.54, 1.807) is 0 Å². The maximum absolute atomic E-state index is 13.5. The second-order valence-corrected chi connectivity index (χ2v) is 6.83. The Morgan fingerprint density at radius 1 is 1.38 bits per heavy atom. The van der Waals surface area contributed by atoms with Crippen molar-refractivity contribution in [1.29, 1.82) is 0 Å². The smallest absolute Gasteiger partial charge is 0.240 e. The van der Waals surface area contributed by atoms with E-state index in [4.69, 9.17) is 9.47 Å². The molecule has 7 heteroatoms. The van der Waals surface area contributed by atoms with Crippen molar-refractivity contribution in [2.75, 3.05) is 26.9 Å². The molecule has 1 aromatic rings. The maximum atomic E-state index is 13.5. The molecule has 1 saturated carbocycles. The zero-order valence-corrected chi connectivity index (χ0v) is 12.8. The molecule has 0 heterocycles. The second-order valence-electron chi connectivity index (χ2n) is 5.07. The lowest BCUT2D eigenvalue weighted by atomic mass is 10.3. The van der Waals surface area contributed by atoms with Gasteiger partial charge in [-0.3, -0.25) is 0 Å². The number of ether oxygens (including phenoxy) is 2. The van der Waals surface area contributed by atoms with Crippen LogP contribution in [-0.2, 0) is 14.8 Å².